The number of hydrogen-bond donors (Lipinski definition) is 1. The second-order valence-corrected chi connectivity index (χ2v) is 8.03. The van der Waals surface area contributed by atoms with Crippen LogP contribution in [0.25, 0.3) is 10.2 Å². The van der Waals surface area contributed by atoms with Crippen LogP contribution in [-0.4, -0.2) is 33.2 Å². The number of thiophene rings is 1. The fourth-order valence-corrected chi connectivity index (χ4v) is 4.64. The van der Waals surface area contributed by atoms with Gasteiger partial charge in [-0.25, -0.2) is 14.4 Å². The van der Waals surface area contributed by atoms with Gasteiger partial charge in [0, 0.05) is 29.1 Å². The van der Waals surface area contributed by atoms with E-state index in [1.165, 1.54) is 24.5 Å². The summed E-state index contributed by atoms with van der Waals surface area (Å²) >= 11 is 13.0. The van der Waals surface area contributed by atoms with E-state index < -0.39 is 5.82 Å². The Morgan fingerprint density at radius 2 is 2.25 bits per heavy atom. The molecule has 1 N–H and O–H groups in total. The number of carbonyl (C=O) groups excluding carboxylic acids is 1. The van der Waals surface area contributed by atoms with Crippen LogP contribution >= 0.6 is 34.5 Å². The van der Waals surface area contributed by atoms with Crippen molar-refractivity contribution in [2.75, 3.05) is 17.7 Å². The molecule has 0 radical (unpaired) electrons. The largest absolute Gasteiger partial charge is 0.340 e. The molecule has 5 nitrogen and oxygen atoms in total. The third-order valence-electron chi connectivity index (χ3n) is 4.48. The summed E-state index contributed by atoms with van der Waals surface area (Å²) in [6.07, 6.45) is 5.36. The Hall–Kier alpha value is -2.22. The van der Waals surface area contributed by atoms with Gasteiger partial charge in [0.25, 0.3) is 0 Å². The smallest absolute Gasteiger partial charge is 0.246 e. The number of fused-ring (bicyclic) bond motifs is 3. The normalized spacial score (nSPS) is 13.9. The number of alkyl halides is 1. The van der Waals surface area contributed by atoms with Crippen molar-refractivity contribution in [3.63, 3.8) is 0 Å². The summed E-state index contributed by atoms with van der Waals surface area (Å²) in [7, 11) is 0. The number of rotatable bonds is 4. The van der Waals surface area contributed by atoms with Crippen molar-refractivity contribution < 1.29 is 9.18 Å². The molecule has 0 aliphatic carbocycles. The van der Waals surface area contributed by atoms with Crippen molar-refractivity contribution >= 4 is 62.2 Å². The lowest BCUT2D eigenvalue weighted by molar-refractivity contribution is -0.126. The van der Waals surface area contributed by atoms with Crippen molar-refractivity contribution in [1.82, 2.24) is 14.9 Å². The zero-order valence-electron chi connectivity index (χ0n) is 14.6. The molecule has 0 fully saturated rings. The minimum atomic E-state index is -0.471. The van der Waals surface area contributed by atoms with Crippen LogP contribution < -0.4 is 5.32 Å². The monoisotopic (exact) mass is 436 g/mol. The first kappa shape index (κ1) is 19.1. The quantitative estimate of drug-likeness (QED) is 0.466. The van der Waals surface area contributed by atoms with Crippen LogP contribution in [0.4, 0.5) is 15.9 Å². The number of allylic oxidation sites excluding steroid dienone is 1. The molecule has 9 heteroatoms. The molecule has 0 saturated carbocycles. The Morgan fingerprint density at radius 1 is 1.39 bits per heavy atom. The van der Waals surface area contributed by atoms with Gasteiger partial charge in [-0.05, 0) is 30.2 Å². The van der Waals surface area contributed by atoms with Gasteiger partial charge in [-0.1, -0.05) is 17.7 Å². The van der Waals surface area contributed by atoms with Crippen LogP contribution in [0.2, 0.25) is 5.02 Å². The van der Waals surface area contributed by atoms with Gasteiger partial charge in [-0.15, -0.1) is 22.9 Å². The second kappa shape index (κ2) is 8.03. The Labute approximate surface area is 174 Å². The van der Waals surface area contributed by atoms with Crippen molar-refractivity contribution in [2.24, 2.45) is 0 Å². The zero-order valence-corrected chi connectivity index (χ0v) is 16.9. The summed E-state index contributed by atoms with van der Waals surface area (Å²) in [6.45, 7) is 1.14. The van der Waals surface area contributed by atoms with Crippen LogP contribution in [0.5, 0.6) is 0 Å². The van der Waals surface area contributed by atoms with Crippen molar-refractivity contribution in [3.8, 4) is 0 Å². The number of hydrogen-bond acceptors (Lipinski definition) is 5. The van der Waals surface area contributed by atoms with Crippen molar-refractivity contribution in [3.05, 3.63) is 58.0 Å². The first-order chi connectivity index (χ1) is 13.6. The van der Waals surface area contributed by atoms with Gasteiger partial charge in [0.05, 0.1) is 17.0 Å². The number of amides is 1. The number of nitrogens with zero attached hydrogens (tertiary/aromatic N) is 3. The number of halogens is 3. The summed E-state index contributed by atoms with van der Waals surface area (Å²) in [4.78, 5) is 24.7. The maximum atomic E-state index is 13.4. The van der Waals surface area contributed by atoms with Crippen LogP contribution in [0.3, 0.4) is 0 Å². The number of anilines is 2. The summed E-state index contributed by atoms with van der Waals surface area (Å²) < 4.78 is 13.4. The molecule has 0 unspecified atom stereocenters. The van der Waals surface area contributed by atoms with E-state index in [1.54, 1.807) is 28.4 Å². The van der Waals surface area contributed by atoms with E-state index in [0.717, 1.165) is 20.7 Å². The molecular weight excluding hydrogens is 422 g/mol. The third kappa shape index (κ3) is 3.70. The highest BCUT2D eigenvalue weighted by atomic mass is 35.5. The topological polar surface area (TPSA) is 58.1 Å². The predicted molar refractivity (Wildman–Crippen MR) is 111 cm³/mol. The molecule has 0 bridgehead atoms. The highest BCUT2D eigenvalue weighted by molar-refractivity contribution is 7.19. The lowest BCUT2D eigenvalue weighted by atomic mass is 10.0. The maximum absolute atomic E-state index is 13.4. The molecule has 0 spiro atoms. The molecule has 4 rings (SSSR count). The van der Waals surface area contributed by atoms with Gasteiger partial charge in [0.2, 0.25) is 5.91 Å². The van der Waals surface area contributed by atoms with E-state index >= 15 is 0 Å². The van der Waals surface area contributed by atoms with Crippen LogP contribution in [-0.2, 0) is 17.8 Å². The van der Waals surface area contributed by atoms with Crippen LogP contribution in [0, 0.1) is 5.82 Å². The lowest BCUT2D eigenvalue weighted by Crippen LogP contribution is -2.34. The van der Waals surface area contributed by atoms with E-state index in [4.69, 9.17) is 23.2 Å². The van der Waals surface area contributed by atoms with Gasteiger partial charge < -0.3 is 10.2 Å². The first-order valence-corrected chi connectivity index (χ1v) is 10.3. The molecule has 1 amide bonds. The molecule has 1 aromatic carbocycles. The second-order valence-electron chi connectivity index (χ2n) is 6.23. The summed E-state index contributed by atoms with van der Waals surface area (Å²) in [5, 5.41) is 4.19. The molecule has 28 heavy (non-hydrogen) atoms. The summed E-state index contributed by atoms with van der Waals surface area (Å²) in [5.74, 6) is 0.438. The third-order valence-corrected chi connectivity index (χ3v) is 6.07. The average Bonchev–Trinajstić information content (AvgIpc) is 3.07. The molecule has 1 aliphatic heterocycles. The molecule has 0 atom stereocenters. The van der Waals surface area contributed by atoms with E-state index in [0.29, 0.717) is 36.9 Å². The van der Waals surface area contributed by atoms with Gasteiger partial charge in [-0.3, -0.25) is 4.79 Å². The van der Waals surface area contributed by atoms with Gasteiger partial charge in [0.15, 0.2) is 0 Å². The van der Waals surface area contributed by atoms with Gasteiger partial charge in [-0.2, -0.15) is 0 Å². The fraction of sp³-hybridized carbons (Fsp3) is 0.211. The Morgan fingerprint density at radius 3 is 3.04 bits per heavy atom. The number of benzene rings is 1. The average molecular weight is 437 g/mol. The Balaban J connectivity index is 1.66. The standard InChI is InChI=1S/C19H15Cl2FN4OS/c20-6-1-2-16(27)26-7-5-12-15(9-26)28-19-17(12)18(23-10-24-19)25-11-3-4-14(22)13(21)8-11/h1-4,8,10H,5-7,9H2,(H,23,24,25)/b2-1+. The lowest BCUT2D eigenvalue weighted by Gasteiger charge is -2.26. The number of nitrogens with one attached hydrogen (secondary N) is 1. The summed E-state index contributed by atoms with van der Waals surface area (Å²) in [6, 6.07) is 4.44. The minimum absolute atomic E-state index is 0.0433. The molecule has 2 aromatic heterocycles. The fourth-order valence-electron chi connectivity index (χ4n) is 3.17. The van der Waals surface area contributed by atoms with Gasteiger partial charge >= 0.3 is 0 Å². The molecule has 0 saturated heterocycles. The molecular formula is C19H15Cl2FN4OS. The first-order valence-electron chi connectivity index (χ1n) is 8.55. The zero-order chi connectivity index (χ0) is 19.7. The van der Waals surface area contributed by atoms with Crippen LogP contribution in [0.15, 0.2) is 36.7 Å². The SMILES string of the molecule is O=C(/C=C/CCl)N1CCc2c(sc3ncnc(Nc4ccc(F)c(Cl)c4)c23)C1. The van der Waals surface area contributed by atoms with Crippen molar-refractivity contribution in [2.45, 2.75) is 13.0 Å². The number of aromatic nitrogens is 2. The highest BCUT2D eigenvalue weighted by Gasteiger charge is 2.25. The van der Waals surface area contributed by atoms with E-state index in [2.05, 4.69) is 15.3 Å². The van der Waals surface area contributed by atoms with Gasteiger partial charge in [0.1, 0.15) is 22.8 Å². The summed E-state index contributed by atoms with van der Waals surface area (Å²) in [5.41, 5.74) is 1.78. The van der Waals surface area contributed by atoms with E-state index in [9.17, 15) is 9.18 Å². The minimum Gasteiger partial charge on any atom is -0.340 e. The number of carbonyl (C=O) groups is 1. The molecule has 144 valence electrons. The highest BCUT2D eigenvalue weighted by Crippen LogP contribution is 2.38. The predicted octanol–water partition coefficient (Wildman–Crippen LogP) is 4.91. The Kier molecular flexibility index (Phi) is 5.48. The van der Waals surface area contributed by atoms with Crippen molar-refractivity contribution in [1.29, 1.82) is 0 Å². The molecule has 1 aliphatic rings. The van der Waals surface area contributed by atoms with E-state index in [-0.39, 0.29) is 10.9 Å². The van der Waals surface area contributed by atoms with Crippen LogP contribution in [0.1, 0.15) is 10.4 Å². The molecule has 3 aromatic rings. The van der Waals surface area contributed by atoms with E-state index in [1.807, 2.05) is 0 Å². The maximum Gasteiger partial charge on any atom is 0.246 e. The molecule has 3 heterocycles. The Bertz CT molecular complexity index is 1090.